The summed E-state index contributed by atoms with van der Waals surface area (Å²) in [5.74, 6) is 0.948. The van der Waals surface area contributed by atoms with Crippen LogP contribution in [0.1, 0.15) is 47.5 Å². The molecular formula is C13H26N2. The fourth-order valence-electron chi connectivity index (χ4n) is 2.42. The van der Waals surface area contributed by atoms with Crippen LogP contribution in [0.3, 0.4) is 0 Å². The van der Waals surface area contributed by atoms with E-state index in [-0.39, 0.29) is 5.54 Å². The first-order valence-electron chi connectivity index (χ1n) is 6.19. The average Bonchev–Trinajstić information content (AvgIpc) is 2.27. The molecule has 2 unspecified atom stereocenters. The molecule has 2 heteroatoms. The van der Waals surface area contributed by atoms with Gasteiger partial charge in [0.2, 0.25) is 0 Å². The Hall–Kier alpha value is -0.370. The Labute approximate surface area is 94.6 Å². The van der Waals surface area contributed by atoms with Gasteiger partial charge in [-0.2, -0.15) is 0 Å². The zero-order valence-corrected chi connectivity index (χ0v) is 10.9. The molecule has 0 radical (unpaired) electrons. The highest BCUT2D eigenvalue weighted by Gasteiger charge is 2.30. The van der Waals surface area contributed by atoms with E-state index in [1.54, 1.807) is 0 Å². The SMILES string of the molecule is CCC1CCN(C(C)(C)C)CC(C)C1=N. The van der Waals surface area contributed by atoms with Crippen LogP contribution in [0.15, 0.2) is 0 Å². The van der Waals surface area contributed by atoms with Crippen molar-refractivity contribution in [1.29, 1.82) is 5.41 Å². The highest BCUT2D eigenvalue weighted by Crippen LogP contribution is 2.25. The van der Waals surface area contributed by atoms with E-state index in [1.807, 2.05) is 0 Å². The fraction of sp³-hybridized carbons (Fsp3) is 0.923. The second-order valence-corrected chi connectivity index (χ2v) is 5.87. The molecular weight excluding hydrogens is 184 g/mol. The first-order chi connectivity index (χ1) is 6.86. The minimum atomic E-state index is 0.247. The van der Waals surface area contributed by atoms with E-state index in [2.05, 4.69) is 39.5 Å². The van der Waals surface area contributed by atoms with Gasteiger partial charge in [0.05, 0.1) is 0 Å². The van der Waals surface area contributed by atoms with Crippen molar-refractivity contribution in [1.82, 2.24) is 4.90 Å². The van der Waals surface area contributed by atoms with Crippen molar-refractivity contribution in [3.05, 3.63) is 0 Å². The fourth-order valence-corrected chi connectivity index (χ4v) is 2.42. The van der Waals surface area contributed by atoms with Crippen LogP contribution in [0.5, 0.6) is 0 Å². The molecule has 88 valence electrons. The highest BCUT2D eigenvalue weighted by molar-refractivity contribution is 5.86. The van der Waals surface area contributed by atoms with Gasteiger partial charge >= 0.3 is 0 Å². The van der Waals surface area contributed by atoms with E-state index in [9.17, 15) is 0 Å². The van der Waals surface area contributed by atoms with E-state index >= 15 is 0 Å². The van der Waals surface area contributed by atoms with Crippen molar-refractivity contribution in [2.45, 2.75) is 53.0 Å². The molecule has 0 saturated carbocycles. The second kappa shape index (κ2) is 4.65. The lowest BCUT2D eigenvalue weighted by atomic mass is 9.90. The summed E-state index contributed by atoms with van der Waals surface area (Å²) < 4.78 is 0. The van der Waals surface area contributed by atoms with Crippen molar-refractivity contribution in [3.8, 4) is 0 Å². The van der Waals surface area contributed by atoms with Crippen molar-refractivity contribution in [3.63, 3.8) is 0 Å². The lowest BCUT2D eigenvalue weighted by molar-refractivity contribution is 0.130. The Kier molecular flexibility index (Phi) is 3.93. The molecule has 0 spiro atoms. The van der Waals surface area contributed by atoms with Gasteiger partial charge in [0.25, 0.3) is 0 Å². The predicted octanol–water partition coefficient (Wildman–Crippen LogP) is 3.17. The summed E-state index contributed by atoms with van der Waals surface area (Å²) in [5, 5.41) is 8.16. The molecule has 1 aliphatic rings. The number of nitrogens with one attached hydrogen (secondary N) is 1. The molecule has 1 saturated heterocycles. The van der Waals surface area contributed by atoms with Gasteiger partial charge in [-0.15, -0.1) is 0 Å². The van der Waals surface area contributed by atoms with Crippen molar-refractivity contribution >= 4 is 5.71 Å². The van der Waals surface area contributed by atoms with E-state index in [1.165, 1.54) is 0 Å². The molecule has 0 bridgehead atoms. The number of hydrogen-bond acceptors (Lipinski definition) is 2. The van der Waals surface area contributed by atoms with Gasteiger partial charge in [-0.1, -0.05) is 13.8 Å². The second-order valence-electron chi connectivity index (χ2n) is 5.87. The zero-order chi connectivity index (χ0) is 11.6. The van der Waals surface area contributed by atoms with Crippen molar-refractivity contribution in [2.24, 2.45) is 11.8 Å². The molecule has 0 amide bonds. The summed E-state index contributed by atoms with van der Waals surface area (Å²) in [6, 6.07) is 0. The average molecular weight is 210 g/mol. The van der Waals surface area contributed by atoms with Crippen molar-refractivity contribution in [2.75, 3.05) is 13.1 Å². The van der Waals surface area contributed by atoms with Crippen LogP contribution in [0, 0.1) is 17.2 Å². The summed E-state index contributed by atoms with van der Waals surface area (Å²) in [7, 11) is 0. The number of likely N-dealkylation sites (tertiary alicyclic amines) is 1. The Morgan fingerprint density at radius 3 is 2.47 bits per heavy atom. The monoisotopic (exact) mass is 210 g/mol. The van der Waals surface area contributed by atoms with E-state index in [4.69, 9.17) is 5.41 Å². The molecule has 1 fully saturated rings. The van der Waals surface area contributed by atoms with E-state index in [0.717, 1.165) is 31.6 Å². The lowest BCUT2D eigenvalue weighted by Crippen LogP contribution is -2.43. The predicted molar refractivity (Wildman–Crippen MR) is 66.6 cm³/mol. The molecule has 15 heavy (non-hydrogen) atoms. The van der Waals surface area contributed by atoms with Crippen LogP contribution in [-0.4, -0.2) is 29.2 Å². The number of rotatable bonds is 1. The minimum Gasteiger partial charge on any atom is -0.309 e. The Bertz CT molecular complexity index is 227. The third kappa shape index (κ3) is 3.04. The zero-order valence-electron chi connectivity index (χ0n) is 10.9. The van der Waals surface area contributed by atoms with Crippen LogP contribution in [0.25, 0.3) is 0 Å². The molecule has 2 atom stereocenters. The summed E-state index contributed by atoms with van der Waals surface area (Å²) in [6.45, 7) is 13.4. The first-order valence-corrected chi connectivity index (χ1v) is 6.19. The summed E-state index contributed by atoms with van der Waals surface area (Å²) in [5.41, 5.74) is 1.22. The summed E-state index contributed by atoms with van der Waals surface area (Å²) >= 11 is 0. The van der Waals surface area contributed by atoms with Gasteiger partial charge in [0.1, 0.15) is 0 Å². The maximum atomic E-state index is 8.16. The molecule has 1 N–H and O–H groups in total. The number of nitrogens with zero attached hydrogens (tertiary/aromatic N) is 1. The van der Waals surface area contributed by atoms with Gasteiger partial charge in [0.15, 0.2) is 0 Å². The maximum absolute atomic E-state index is 8.16. The van der Waals surface area contributed by atoms with Gasteiger partial charge in [-0.3, -0.25) is 4.90 Å². The molecule has 1 heterocycles. The Morgan fingerprint density at radius 1 is 1.40 bits per heavy atom. The van der Waals surface area contributed by atoms with Gasteiger partial charge in [0, 0.05) is 23.7 Å². The number of hydrogen-bond donors (Lipinski definition) is 1. The molecule has 0 aromatic heterocycles. The van der Waals surface area contributed by atoms with Crippen LogP contribution < -0.4 is 0 Å². The maximum Gasteiger partial charge on any atom is 0.0161 e. The normalized spacial score (nSPS) is 30.3. The molecule has 2 nitrogen and oxygen atoms in total. The molecule has 1 rings (SSSR count). The third-order valence-electron chi connectivity index (χ3n) is 3.65. The lowest BCUT2D eigenvalue weighted by Gasteiger charge is -2.35. The topological polar surface area (TPSA) is 27.1 Å². The van der Waals surface area contributed by atoms with Crippen LogP contribution >= 0.6 is 0 Å². The third-order valence-corrected chi connectivity index (χ3v) is 3.65. The molecule has 0 aliphatic carbocycles. The van der Waals surface area contributed by atoms with E-state index < -0.39 is 0 Å². The smallest absolute Gasteiger partial charge is 0.0161 e. The first kappa shape index (κ1) is 12.7. The van der Waals surface area contributed by atoms with E-state index in [0.29, 0.717) is 11.8 Å². The molecule has 0 aromatic rings. The quantitative estimate of drug-likeness (QED) is 0.707. The largest absolute Gasteiger partial charge is 0.309 e. The molecule has 0 aromatic carbocycles. The van der Waals surface area contributed by atoms with Gasteiger partial charge in [-0.05, 0) is 46.1 Å². The Morgan fingerprint density at radius 2 is 2.00 bits per heavy atom. The van der Waals surface area contributed by atoms with Gasteiger partial charge < -0.3 is 5.41 Å². The van der Waals surface area contributed by atoms with Crippen molar-refractivity contribution < 1.29 is 0 Å². The molecule has 1 aliphatic heterocycles. The van der Waals surface area contributed by atoms with Crippen LogP contribution in [0.4, 0.5) is 0 Å². The summed E-state index contributed by atoms with van der Waals surface area (Å²) in [4.78, 5) is 2.53. The highest BCUT2D eigenvalue weighted by atomic mass is 15.2. The van der Waals surface area contributed by atoms with Crippen LogP contribution in [0.2, 0.25) is 0 Å². The summed E-state index contributed by atoms with van der Waals surface area (Å²) in [6.07, 6.45) is 2.29. The minimum absolute atomic E-state index is 0.247. The standard InChI is InChI=1S/C13H26N2/c1-6-11-7-8-15(13(3,4)5)9-10(2)12(11)14/h10-11,14H,6-9H2,1-5H3. The Balaban J connectivity index is 2.75. The van der Waals surface area contributed by atoms with Gasteiger partial charge in [-0.25, -0.2) is 0 Å². The van der Waals surface area contributed by atoms with Crippen LogP contribution in [-0.2, 0) is 0 Å².